The molecule has 1 aliphatic rings. The zero-order valence-corrected chi connectivity index (χ0v) is 12.4. The van der Waals surface area contributed by atoms with Crippen LogP contribution < -0.4 is 11.4 Å². The van der Waals surface area contributed by atoms with Crippen molar-refractivity contribution in [2.45, 2.75) is 35.4 Å². The van der Waals surface area contributed by atoms with Gasteiger partial charge in [0.05, 0.1) is 0 Å². The van der Waals surface area contributed by atoms with Crippen LogP contribution in [-0.4, -0.2) is 21.3 Å². The van der Waals surface area contributed by atoms with Crippen LogP contribution in [0.25, 0.3) is 0 Å². The SMILES string of the molecule is NCCc1ccc(Cl)cc1Sc1n[nH]c(=O)n1C1CC1. The molecule has 0 spiro atoms. The first-order valence-corrected chi connectivity index (χ1v) is 7.71. The largest absolute Gasteiger partial charge is 0.344 e. The maximum Gasteiger partial charge on any atom is 0.344 e. The lowest BCUT2D eigenvalue weighted by Crippen LogP contribution is -2.16. The monoisotopic (exact) mass is 310 g/mol. The standard InChI is InChI=1S/C13H15ClN4OS/c14-9-2-1-8(5-6-15)11(7-9)20-13-17-16-12(19)18(13)10-3-4-10/h1-2,7,10H,3-6,15H2,(H,16,19). The van der Waals surface area contributed by atoms with E-state index in [0.717, 1.165) is 29.7 Å². The second-order valence-corrected chi connectivity index (χ2v) is 6.25. The van der Waals surface area contributed by atoms with Crippen molar-refractivity contribution >= 4 is 23.4 Å². The number of rotatable bonds is 5. The predicted octanol–water partition coefficient (Wildman–Crippen LogP) is 2.21. The van der Waals surface area contributed by atoms with Gasteiger partial charge in [-0.25, -0.2) is 9.89 Å². The normalized spacial score (nSPS) is 14.7. The molecule has 3 rings (SSSR count). The maximum atomic E-state index is 11.8. The van der Waals surface area contributed by atoms with E-state index < -0.39 is 0 Å². The van der Waals surface area contributed by atoms with E-state index in [9.17, 15) is 4.79 Å². The van der Waals surface area contributed by atoms with E-state index in [1.807, 2.05) is 18.2 Å². The van der Waals surface area contributed by atoms with Crippen LogP contribution in [0.3, 0.4) is 0 Å². The first-order chi connectivity index (χ1) is 9.69. The second-order valence-electron chi connectivity index (χ2n) is 4.81. The van der Waals surface area contributed by atoms with Gasteiger partial charge in [0.1, 0.15) is 0 Å². The molecule has 0 unspecified atom stereocenters. The Kier molecular flexibility index (Phi) is 3.87. The van der Waals surface area contributed by atoms with Gasteiger partial charge in [0.25, 0.3) is 0 Å². The number of nitrogens with two attached hydrogens (primary N) is 1. The van der Waals surface area contributed by atoms with Gasteiger partial charge in [-0.3, -0.25) is 4.57 Å². The highest BCUT2D eigenvalue weighted by Crippen LogP contribution is 2.38. The summed E-state index contributed by atoms with van der Waals surface area (Å²) >= 11 is 7.53. The molecule has 1 heterocycles. The van der Waals surface area contributed by atoms with E-state index in [-0.39, 0.29) is 5.69 Å². The number of aromatic nitrogens is 3. The van der Waals surface area contributed by atoms with Crippen molar-refractivity contribution in [1.29, 1.82) is 0 Å². The number of hydrogen-bond acceptors (Lipinski definition) is 4. The lowest BCUT2D eigenvalue weighted by atomic mass is 10.1. The summed E-state index contributed by atoms with van der Waals surface area (Å²) in [6.07, 6.45) is 2.86. The number of aromatic amines is 1. The van der Waals surface area contributed by atoms with Crippen LogP contribution in [0, 0.1) is 0 Å². The summed E-state index contributed by atoms with van der Waals surface area (Å²) in [5.41, 5.74) is 6.62. The Morgan fingerprint density at radius 1 is 1.50 bits per heavy atom. The lowest BCUT2D eigenvalue weighted by molar-refractivity contribution is 0.642. The average Bonchev–Trinajstić information content (AvgIpc) is 3.18. The molecule has 3 N–H and O–H groups in total. The van der Waals surface area contributed by atoms with E-state index in [2.05, 4.69) is 10.2 Å². The van der Waals surface area contributed by atoms with Crippen LogP contribution in [0.2, 0.25) is 5.02 Å². The van der Waals surface area contributed by atoms with Crippen molar-refractivity contribution in [3.63, 3.8) is 0 Å². The number of nitrogens with one attached hydrogen (secondary N) is 1. The zero-order chi connectivity index (χ0) is 14.1. The van der Waals surface area contributed by atoms with E-state index in [1.54, 1.807) is 4.57 Å². The van der Waals surface area contributed by atoms with Crippen LogP contribution in [0.5, 0.6) is 0 Å². The van der Waals surface area contributed by atoms with Crippen molar-refractivity contribution in [3.8, 4) is 0 Å². The summed E-state index contributed by atoms with van der Waals surface area (Å²) in [5, 5.41) is 8.00. The first-order valence-electron chi connectivity index (χ1n) is 6.52. The molecule has 1 saturated carbocycles. The summed E-state index contributed by atoms with van der Waals surface area (Å²) in [5.74, 6) is 0. The van der Waals surface area contributed by atoms with Crippen LogP contribution in [-0.2, 0) is 6.42 Å². The Bertz CT molecular complexity index is 677. The van der Waals surface area contributed by atoms with Gasteiger partial charge in [0, 0.05) is 16.0 Å². The highest BCUT2D eigenvalue weighted by Gasteiger charge is 2.28. The van der Waals surface area contributed by atoms with E-state index >= 15 is 0 Å². The molecule has 1 aliphatic carbocycles. The maximum absolute atomic E-state index is 11.8. The molecule has 1 aromatic carbocycles. The van der Waals surface area contributed by atoms with Crippen molar-refractivity contribution in [2.75, 3.05) is 6.54 Å². The summed E-state index contributed by atoms with van der Waals surface area (Å²) in [6, 6.07) is 6.02. The molecule has 5 nitrogen and oxygen atoms in total. The fourth-order valence-corrected chi connectivity index (χ4v) is 3.44. The van der Waals surface area contributed by atoms with E-state index in [1.165, 1.54) is 11.8 Å². The third kappa shape index (κ3) is 2.77. The predicted molar refractivity (Wildman–Crippen MR) is 79.5 cm³/mol. The molecule has 0 saturated heterocycles. The molecule has 20 heavy (non-hydrogen) atoms. The lowest BCUT2D eigenvalue weighted by Gasteiger charge is -2.09. The summed E-state index contributed by atoms with van der Waals surface area (Å²) in [4.78, 5) is 12.8. The molecular weight excluding hydrogens is 296 g/mol. The molecule has 0 atom stereocenters. The fraction of sp³-hybridized carbons (Fsp3) is 0.385. The Morgan fingerprint density at radius 3 is 3.00 bits per heavy atom. The molecule has 0 radical (unpaired) electrons. The number of hydrogen-bond donors (Lipinski definition) is 2. The van der Waals surface area contributed by atoms with Crippen molar-refractivity contribution < 1.29 is 0 Å². The van der Waals surface area contributed by atoms with Gasteiger partial charge in [-0.15, -0.1) is 5.10 Å². The van der Waals surface area contributed by atoms with Crippen LogP contribution in [0.1, 0.15) is 24.4 Å². The number of nitrogens with zero attached hydrogens (tertiary/aromatic N) is 2. The van der Waals surface area contributed by atoms with Gasteiger partial charge < -0.3 is 5.73 Å². The van der Waals surface area contributed by atoms with Crippen LogP contribution in [0.4, 0.5) is 0 Å². The molecule has 2 aromatic rings. The molecule has 106 valence electrons. The van der Waals surface area contributed by atoms with Crippen molar-refractivity contribution in [1.82, 2.24) is 14.8 Å². The van der Waals surface area contributed by atoms with Gasteiger partial charge in [-0.2, -0.15) is 0 Å². The van der Waals surface area contributed by atoms with Gasteiger partial charge >= 0.3 is 5.69 Å². The summed E-state index contributed by atoms with van der Waals surface area (Å²) in [7, 11) is 0. The van der Waals surface area contributed by atoms with E-state index in [4.69, 9.17) is 17.3 Å². The number of H-pyrrole nitrogens is 1. The smallest absolute Gasteiger partial charge is 0.330 e. The number of benzene rings is 1. The average molecular weight is 311 g/mol. The first kappa shape index (κ1) is 13.7. The van der Waals surface area contributed by atoms with Crippen molar-refractivity contribution in [2.24, 2.45) is 5.73 Å². The highest BCUT2D eigenvalue weighted by molar-refractivity contribution is 7.99. The minimum absolute atomic E-state index is 0.141. The molecular formula is C13H15ClN4OS. The molecule has 1 aromatic heterocycles. The van der Waals surface area contributed by atoms with E-state index in [0.29, 0.717) is 22.8 Å². The van der Waals surface area contributed by atoms with Crippen molar-refractivity contribution in [3.05, 3.63) is 39.3 Å². The van der Waals surface area contributed by atoms with Gasteiger partial charge in [0.15, 0.2) is 5.16 Å². The van der Waals surface area contributed by atoms with Crippen LogP contribution in [0.15, 0.2) is 33.0 Å². The molecule has 0 bridgehead atoms. The Morgan fingerprint density at radius 2 is 2.30 bits per heavy atom. The fourth-order valence-electron chi connectivity index (χ4n) is 2.10. The molecule has 0 amide bonds. The number of halogens is 1. The third-order valence-corrected chi connectivity index (χ3v) is 4.53. The third-order valence-electron chi connectivity index (χ3n) is 3.23. The Balaban J connectivity index is 1.94. The highest BCUT2D eigenvalue weighted by atomic mass is 35.5. The molecule has 1 fully saturated rings. The summed E-state index contributed by atoms with van der Waals surface area (Å²) in [6.45, 7) is 0.575. The van der Waals surface area contributed by atoms with Gasteiger partial charge in [-0.05, 0) is 55.3 Å². The van der Waals surface area contributed by atoms with Gasteiger partial charge in [-0.1, -0.05) is 17.7 Å². The molecule has 7 heteroatoms. The molecule has 0 aliphatic heterocycles. The van der Waals surface area contributed by atoms with Gasteiger partial charge in [0.2, 0.25) is 0 Å². The zero-order valence-electron chi connectivity index (χ0n) is 10.8. The Labute approximate surface area is 125 Å². The Hall–Kier alpha value is -1.24. The second kappa shape index (κ2) is 5.63. The topological polar surface area (TPSA) is 76.7 Å². The van der Waals surface area contributed by atoms with Crippen LogP contribution >= 0.6 is 23.4 Å². The minimum atomic E-state index is -0.141. The minimum Gasteiger partial charge on any atom is -0.330 e. The summed E-state index contributed by atoms with van der Waals surface area (Å²) < 4.78 is 1.73. The quantitative estimate of drug-likeness (QED) is 0.887.